The van der Waals surface area contributed by atoms with Gasteiger partial charge in [0.1, 0.15) is 17.8 Å². The highest BCUT2D eigenvalue weighted by atomic mass is 19.4. The van der Waals surface area contributed by atoms with Gasteiger partial charge in [-0.25, -0.2) is 9.67 Å². The molecule has 0 fully saturated rings. The zero-order valence-corrected chi connectivity index (χ0v) is 22.2. The number of benzene rings is 2. The number of halogens is 3. The lowest BCUT2D eigenvalue weighted by Gasteiger charge is -2.30. The van der Waals surface area contributed by atoms with E-state index in [1.807, 2.05) is 13.0 Å². The predicted molar refractivity (Wildman–Crippen MR) is 142 cm³/mol. The number of aliphatic hydroxyl groups is 1. The molecule has 0 spiro atoms. The van der Waals surface area contributed by atoms with Crippen molar-refractivity contribution in [2.45, 2.75) is 32.0 Å². The molecule has 5 rings (SSSR count). The second kappa shape index (κ2) is 10.1. The highest BCUT2D eigenvalue weighted by Gasteiger charge is 2.39. The van der Waals surface area contributed by atoms with Gasteiger partial charge < -0.3 is 5.11 Å². The third-order valence-electron chi connectivity index (χ3n) is 7.08. The summed E-state index contributed by atoms with van der Waals surface area (Å²) in [5, 5.41) is 40.8. The van der Waals surface area contributed by atoms with Crippen LogP contribution in [0.3, 0.4) is 0 Å². The summed E-state index contributed by atoms with van der Waals surface area (Å²) in [6, 6.07) is 17.2. The monoisotopic (exact) mass is 553 g/mol. The number of nitriles is 2. The van der Waals surface area contributed by atoms with Gasteiger partial charge in [0, 0.05) is 41.4 Å². The normalized spacial score (nSPS) is 13.0. The summed E-state index contributed by atoms with van der Waals surface area (Å²) in [5.74, 6) is 0. The minimum atomic E-state index is -4.49. The molecule has 11 heteroatoms. The number of hydrogen-bond acceptors (Lipinski definition) is 7. The van der Waals surface area contributed by atoms with Gasteiger partial charge in [-0.05, 0) is 55.3 Å². The second-order valence-corrected chi connectivity index (χ2v) is 9.68. The van der Waals surface area contributed by atoms with Crippen molar-refractivity contribution in [3.8, 4) is 12.1 Å². The molecule has 0 bridgehead atoms. The van der Waals surface area contributed by atoms with Gasteiger partial charge in [0.15, 0.2) is 5.60 Å². The van der Waals surface area contributed by atoms with E-state index in [-0.39, 0.29) is 23.2 Å². The molecule has 0 aliphatic carbocycles. The molecule has 204 valence electrons. The molecule has 41 heavy (non-hydrogen) atoms. The summed E-state index contributed by atoms with van der Waals surface area (Å²) in [7, 11) is 1.65. The second-order valence-electron chi connectivity index (χ2n) is 9.68. The van der Waals surface area contributed by atoms with Crippen molar-refractivity contribution in [3.05, 3.63) is 117 Å². The van der Waals surface area contributed by atoms with Crippen LogP contribution in [0.5, 0.6) is 0 Å². The molecule has 1 atom stereocenters. The summed E-state index contributed by atoms with van der Waals surface area (Å²) >= 11 is 0. The number of fused-ring (bicyclic) bond motifs is 1. The van der Waals surface area contributed by atoms with Crippen LogP contribution in [0, 0.1) is 36.5 Å². The van der Waals surface area contributed by atoms with E-state index in [1.165, 1.54) is 23.0 Å². The van der Waals surface area contributed by atoms with Gasteiger partial charge in [-0.3, -0.25) is 4.98 Å². The Balaban J connectivity index is 1.72. The topological polar surface area (TPSA) is 124 Å². The summed E-state index contributed by atoms with van der Waals surface area (Å²) in [5.41, 5.74) is 1.23. The maximum atomic E-state index is 13.1. The van der Waals surface area contributed by atoms with Crippen molar-refractivity contribution in [1.29, 1.82) is 10.5 Å². The molecular formula is C30H22F3N7O. The van der Waals surface area contributed by atoms with Crippen molar-refractivity contribution in [3.63, 3.8) is 0 Å². The van der Waals surface area contributed by atoms with E-state index in [0.717, 1.165) is 17.8 Å². The number of nitrogens with zero attached hydrogens (tertiary/aromatic N) is 7. The van der Waals surface area contributed by atoms with Crippen LogP contribution in [0.4, 0.5) is 13.2 Å². The van der Waals surface area contributed by atoms with E-state index in [4.69, 9.17) is 0 Å². The van der Waals surface area contributed by atoms with Crippen molar-refractivity contribution >= 4 is 10.9 Å². The zero-order valence-electron chi connectivity index (χ0n) is 22.2. The molecule has 1 N–H and O–H groups in total. The molecule has 3 heterocycles. The maximum absolute atomic E-state index is 13.1. The number of aromatic nitrogens is 5. The van der Waals surface area contributed by atoms with Crippen LogP contribution < -0.4 is 0 Å². The van der Waals surface area contributed by atoms with Gasteiger partial charge in [0.25, 0.3) is 0 Å². The first-order chi connectivity index (χ1) is 19.5. The van der Waals surface area contributed by atoms with E-state index in [1.54, 1.807) is 44.3 Å². The lowest BCUT2D eigenvalue weighted by Crippen LogP contribution is -2.32. The molecule has 0 radical (unpaired) electrons. The fourth-order valence-corrected chi connectivity index (χ4v) is 5.06. The molecule has 1 unspecified atom stereocenters. The van der Waals surface area contributed by atoms with Crippen molar-refractivity contribution in [1.82, 2.24) is 25.0 Å². The van der Waals surface area contributed by atoms with Gasteiger partial charge in [-0.2, -0.15) is 23.7 Å². The third kappa shape index (κ3) is 4.77. The Morgan fingerprint density at radius 3 is 2.22 bits per heavy atom. The smallest absolute Gasteiger partial charge is 0.374 e. The van der Waals surface area contributed by atoms with Crippen LogP contribution in [0.25, 0.3) is 10.9 Å². The molecule has 5 aromatic rings. The Labute approximate surface area is 233 Å². The average molecular weight is 554 g/mol. The molecule has 2 aromatic carbocycles. The van der Waals surface area contributed by atoms with E-state index < -0.39 is 17.3 Å². The van der Waals surface area contributed by atoms with Crippen molar-refractivity contribution < 1.29 is 18.3 Å². The number of hydrogen-bond donors (Lipinski definition) is 1. The average Bonchev–Trinajstić information content (AvgIpc) is 3.38. The molecule has 0 aliphatic rings. The minimum Gasteiger partial charge on any atom is -0.374 e. The molecule has 3 aromatic heterocycles. The molecule has 8 nitrogen and oxygen atoms in total. The quantitative estimate of drug-likeness (QED) is 0.324. The Hall–Kier alpha value is -5.13. The first-order valence-electron chi connectivity index (χ1n) is 12.4. The maximum Gasteiger partial charge on any atom is 0.416 e. The Kier molecular flexibility index (Phi) is 6.77. The predicted octanol–water partition coefficient (Wildman–Crippen LogP) is 5.01. The molecule has 0 amide bonds. The largest absolute Gasteiger partial charge is 0.416 e. The standard InChI is InChI=1S/C30H22F3N7O/c1-17-4-10-25(18(2)37-17)29(41,28-16-36-39-40(28)3)21-9-11-26-23(13-21)24(14-34)22(27(15-35)38-26)12-19-5-7-20(8-6-19)30(31,32)33/h4-11,13,16,41H,12H2,1-3H3. The van der Waals surface area contributed by atoms with Crippen molar-refractivity contribution in [2.24, 2.45) is 7.05 Å². The number of rotatable bonds is 5. The number of pyridine rings is 2. The zero-order chi connectivity index (χ0) is 29.5. The fraction of sp³-hybridized carbons (Fsp3) is 0.200. The van der Waals surface area contributed by atoms with Crippen LogP contribution in [0.15, 0.2) is 60.8 Å². The third-order valence-corrected chi connectivity index (χ3v) is 7.08. The van der Waals surface area contributed by atoms with Gasteiger partial charge in [0.2, 0.25) is 0 Å². The highest BCUT2D eigenvalue weighted by molar-refractivity contribution is 5.88. The summed E-state index contributed by atoms with van der Waals surface area (Å²) in [6.07, 6.45) is -3.03. The van der Waals surface area contributed by atoms with Crippen LogP contribution in [0.2, 0.25) is 0 Å². The number of alkyl halides is 3. The summed E-state index contributed by atoms with van der Waals surface area (Å²) < 4.78 is 40.6. The Bertz CT molecular complexity index is 1880. The molecule has 0 aliphatic heterocycles. The summed E-state index contributed by atoms with van der Waals surface area (Å²) in [6.45, 7) is 3.62. The Morgan fingerprint density at radius 1 is 0.927 bits per heavy atom. The first kappa shape index (κ1) is 27.4. The lowest BCUT2D eigenvalue weighted by atomic mass is 9.81. The number of aryl methyl sites for hydroxylation is 3. The van der Waals surface area contributed by atoms with Crippen molar-refractivity contribution in [2.75, 3.05) is 0 Å². The van der Waals surface area contributed by atoms with Crippen LogP contribution in [-0.2, 0) is 25.2 Å². The first-order valence-corrected chi connectivity index (χ1v) is 12.4. The Morgan fingerprint density at radius 2 is 1.63 bits per heavy atom. The van der Waals surface area contributed by atoms with Gasteiger partial charge in [-0.1, -0.05) is 29.5 Å². The van der Waals surface area contributed by atoms with Gasteiger partial charge in [0.05, 0.1) is 28.5 Å². The van der Waals surface area contributed by atoms with E-state index in [2.05, 4.69) is 26.3 Å². The van der Waals surface area contributed by atoms with E-state index in [9.17, 15) is 28.8 Å². The lowest BCUT2D eigenvalue weighted by molar-refractivity contribution is -0.137. The SMILES string of the molecule is Cc1ccc(C(O)(c2ccc3nc(C#N)c(Cc4ccc(C(F)(F)F)cc4)c(C#N)c3c2)c2cnnn2C)c(C)n1. The van der Waals surface area contributed by atoms with Crippen LogP contribution >= 0.6 is 0 Å². The van der Waals surface area contributed by atoms with E-state index >= 15 is 0 Å². The van der Waals surface area contributed by atoms with Crippen LogP contribution in [0.1, 0.15) is 56.2 Å². The van der Waals surface area contributed by atoms with Gasteiger partial charge >= 0.3 is 6.18 Å². The fourth-order valence-electron chi connectivity index (χ4n) is 5.06. The molecule has 0 saturated heterocycles. The molecular weight excluding hydrogens is 531 g/mol. The van der Waals surface area contributed by atoms with Gasteiger partial charge in [-0.15, -0.1) is 5.10 Å². The summed E-state index contributed by atoms with van der Waals surface area (Å²) in [4.78, 5) is 8.97. The molecule has 0 saturated carbocycles. The van der Waals surface area contributed by atoms with E-state index in [0.29, 0.717) is 39.0 Å². The van der Waals surface area contributed by atoms with Crippen LogP contribution in [-0.4, -0.2) is 30.1 Å². The highest BCUT2D eigenvalue weighted by Crippen LogP contribution is 2.39. The minimum absolute atomic E-state index is 0.00794.